The minimum Gasteiger partial charge on any atom is -0.393 e. The first-order valence-corrected chi connectivity index (χ1v) is 14.4. The lowest BCUT2D eigenvalue weighted by molar-refractivity contribution is -0.280. The third-order valence-corrected chi connectivity index (χ3v) is 13.5. The van der Waals surface area contributed by atoms with Crippen molar-refractivity contribution in [2.45, 2.75) is 129 Å². The van der Waals surface area contributed by atoms with Crippen molar-refractivity contribution in [2.75, 3.05) is 0 Å². The third kappa shape index (κ3) is 2.25. The van der Waals surface area contributed by atoms with Gasteiger partial charge in [0.25, 0.3) is 0 Å². The van der Waals surface area contributed by atoms with Gasteiger partial charge in [0, 0.05) is 16.7 Å². The van der Waals surface area contributed by atoms with Crippen LogP contribution in [-0.2, 0) is 9.47 Å². The zero-order chi connectivity index (χ0) is 26.1. The highest BCUT2D eigenvalue weighted by atomic mass is 16.8. The largest absolute Gasteiger partial charge is 0.393 e. The summed E-state index contributed by atoms with van der Waals surface area (Å²) in [4.78, 5) is 0. The van der Waals surface area contributed by atoms with Gasteiger partial charge >= 0.3 is 0 Å². The number of allylic oxidation sites excluding steroid dienone is 1. The Hall–Kier alpha value is -0.500. The number of ether oxygens (including phenoxy) is 2. The zero-order valence-electron chi connectivity index (χ0n) is 23.0. The summed E-state index contributed by atoms with van der Waals surface area (Å²) in [5.41, 5.74) is -1.44. The summed E-state index contributed by atoms with van der Waals surface area (Å²) in [6.07, 6.45) is 4.79. The Bertz CT molecular complexity index is 1050. The van der Waals surface area contributed by atoms with E-state index >= 15 is 0 Å². The standard InChI is InChI=1S/C30H46O6/c1-15-12-16-22(25(4,5)34)36-30(35-16)21(15)26(6)13-20(32)29-14-28(29)11-10-19(31)24(2,3)17(28)8-9-18(29)27(26,7)23(30)33/h9,15-17,19-23,31-34H,8,10-14H2,1-7H3/t15-,16-,17+,19+,20+,21-,22+,23-,26-,27-,28-,29+,30+/m1/s1. The number of aliphatic hydroxyl groups excluding tert-OH is 3. The van der Waals surface area contributed by atoms with Crippen LogP contribution in [0.5, 0.6) is 0 Å². The van der Waals surface area contributed by atoms with Gasteiger partial charge < -0.3 is 29.9 Å². The van der Waals surface area contributed by atoms with E-state index in [9.17, 15) is 20.4 Å². The summed E-state index contributed by atoms with van der Waals surface area (Å²) in [7, 11) is 0. The number of rotatable bonds is 1. The molecule has 0 amide bonds. The van der Waals surface area contributed by atoms with Gasteiger partial charge in [0.2, 0.25) is 0 Å². The molecule has 6 fully saturated rings. The van der Waals surface area contributed by atoms with Gasteiger partial charge in [-0.15, -0.1) is 0 Å². The molecule has 2 aliphatic heterocycles. The number of aliphatic hydroxyl groups is 4. The molecule has 3 spiro atoms. The SMILES string of the molecule is C[C@@H]1C[C@H]2O[C@]3(O[C@@H]2C(C)(C)O)[C@H]1[C@@]1(C)C[C@H](O)[C@@]24C[C@@]25CC[C@H](O)C(C)(C)[C@@H]5CC=C4[C@]1(C)[C@H]3O. The Morgan fingerprint density at radius 3 is 2.39 bits per heavy atom. The van der Waals surface area contributed by atoms with Crippen LogP contribution in [0.25, 0.3) is 0 Å². The molecular weight excluding hydrogens is 456 g/mol. The zero-order valence-corrected chi connectivity index (χ0v) is 23.0. The van der Waals surface area contributed by atoms with Crippen LogP contribution < -0.4 is 0 Å². The lowest BCUT2D eigenvalue weighted by atomic mass is 9.44. The molecule has 6 nitrogen and oxygen atoms in total. The molecule has 202 valence electrons. The molecule has 13 atom stereocenters. The molecule has 0 unspecified atom stereocenters. The predicted molar refractivity (Wildman–Crippen MR) is 134 cm³/mol. The van der Waals surface area contributed by atoms with Crippen LogP contribution in [0.15, 0.2) is 11.6 Å². The van der Waals surface area contributed by atoms with Gasteiger partial charge in [0.05, 0.1) is 23.9 Å². The smallest absolute Gasteiger partial charge is 0.199 e. The maximum Gasteiger partial charge on any atom is 0.199 e. The molecule has 4 N–H and O–H groups in total. The van der Waals surface area contributed by atoms with Crippen molar-refractivity contribution in [3.63, 3.8) is 0 Å². The van der Waals surface area contributed by atoms with Crippen LogP contribution in [0.2, 0.25) is 0 Å². The lowest BCUT2D eigenvalue weighted by Crippen LogP contribution is -2.59. The molecule has 7 rings (SSSR count). The van der Waals surface area contributed by atoms with Crippen molar-refractivity contribution >= 4 is 0 Å². The number of hydrogen-bond donors (Lipinski definition) is 4. The van der Waals surface area contributed by atoms with Crippen molar-refractivity contribution in [1.29, 1.82) is 0 Å². The average Bonchev–Trinajstić information content (AvgIpc) is 3.32. The van der Waals surface area contributed by atoms with E-state index in [0.29, 0.717) is 12.3 Å². The molecule has 36 heavy (non-hydrogen) atoms. The Labute approximate surface area is 215 Å². The molecular formula is C30H46O6. The molecule has 2 heterocycles. The highest BCUT2D eigenvalue weighted by Gasteiger charge is 2.88. The van der Waals surface area contributed by atoms with Crippen molar-refractivity contribution in [1.82, 2.24) is 0 Å². The summed E-state index contributed by atoms with van der Waals surface area (Å²) in [6, 6.07) is 0. The van der Waals surface area contributed by atoms with Crippen molar-refractivity contribution < 1.29 is 29.9 Å². The number of fused-ring (bicyclic) bond motifs is 4. The summed E-state index contributed by atoms with van der Waals surface area (Å²) in [6.45, 7) is 14.6. The molecule has 0 radical (unpaired) electrons. The minimum absolute atomic E-state index is 0.0180. The van der Waals surface area contributed by atoms with Crippen LogP contribution in [0, 0.1) is 44.8 Å². The Morgan fingerprint density at radius 1 is 1.03 bits per heavy atom. The van der Waals surface area contributed by atoms with E-state index in [-0.39, 0.29) is 40.3 Å². The van der Waals surface area contributed by atoms with Gasteiger partial charge in [-0.25, -0.2) is 0 Å². The summed E-state index contributed by atoms with van der Waals surface area (Å²) in [5, 5.41) is 46.4. The van der Waals surface area contributed by atoms with Crippen LogP contribution in [0.4, 0.5) is 0 Å². The van der Waals surface area contributed by atoms with E-state index in [0.717, 1.165) is 32.1 Å². The first-order chi connectivity index (χ1) is 16.5. The number of hydrogen-bond acceptors (Lipinski definition) is 6. The van der Waals surface area contributed by atoms with E-state index in [1.54, 1.807) is 13.8 Å². The first kappa shape index (κ1) is 24.5. The third-order valence-electron chi connectivity index (χ3n) is 13.5. The topological polar surface area (TPSA) is 99.4 Å². The first-order valence-electron chi connectivity index (χ1n) is 14.4. The van der Waals surface area contributed by atoms with Crippen LogP contribution >= 0.6 is 0 Å². The van der Waals surface area contributed by atoms with Crippen molar-refractivity contribution in [3.8, 4) is 0 Å². The van der Waals surface area contributed by atoms with Crippen LogP contribution in [0.1, 0.15) is 87.0 Å². The maximum atomic E-state index is 12.4. The quantitative estimate of drug-likeness (QED) is 0.410. The van der Waals surface area contributed by atoms with Gasteiger partial charge in [0.1, 0.15) is 12.2 Å². The van der Waals surface area contributed by atoms with Crippen molar-refractivity contribution in [3.05, 3.63) is 11.6 Å². The Kier molecular flexibility index (Phi) is 4.39. The second-order valence-corrected chi connectivity index (χ2v) is 15.6. The average molecular weight is 503 g/mol. The monoisotopic (exact) mass is 502 g/mol. The second kappa shape index (κ2) is 6.45. The van der Waals surface area contributed by atoms with E-state index < -0.39 is 40.5 Å². The second-order valence-electron chi connectivity index (χ2n) is 15.6. The molecule has 0 aromatic carbocycles. The molecule has 2 saturated heterocycles. The van der Waals surface area contributed by atoms with Gasteiger partial charge in [-0.2, -0.15) is 0 Å². The van der Waals surface area contributed by atoms with Crippen LogP contribution in [-0.4, -0.2) is 62.3 Å². The normalized spacial score (nSPS) is 62.4. The minimum atomic E-state index is -1.18. The van der Waals surface area contributed by atoms with Gasteiger partial charge in [0.15, 0.2) is 5.79 Å². The fraction of sp³-hybridized carbons (Fsp3) is 0.933. The fourth-order valence-corrected chi connectivity index (χ4v) is 11.9. The summed E-state index contributed by atoms with van der Waals surface area (Å²) < 4.78 is 13.4. The molecule has 0 aromatic rings. The fourth-order valence-electron chi connectivity index (χ4n) is 11.9. The maximum absolute atomic E-state index is 12.4. The molecule has 0 aromatic heterocycles. The van der Waals surface area contributed by atoms with E-state index in [4.69, 9.17) is 9.47 Å². The Balaban J connectivity index is 1.39. The lowest BCUT2D eigenvalue weighted by Gasteiger charge is -2.61. The molecule has 2 bridgehead atoms. The Morgan fingerprint density at radius 2 is 1.72 bits per heavy atom. The highest BCUT2D eigenvalue weighted by molar-refractivity contribution is 5.49. The van der Waals surface area contributed by atoms with Gasteiger partial charge in [-0.05, 0) is 80.5 Å². The molecule has 5 aliphatic carbocycles. The van der Waals surface area contributed by atoms with E-state index in [1.165, 1.54) is 5.57 Å². The van der Waals surface area contributed by atoms with Crippen molar-refractivity contribution in [2.24, 2.45) is 44.8 Å². The summed E-state index contributed by atoms with van der Waals surface area (Å²) in [5.74, 6) is -0.712. The van der Waals surface area contributed by atoms with E-state index in [1.807, 2.05) is 0 Å². The summed E-state index contributed by atoms with van der Waals surface area (Å²) >= 11 is 0. The molecule has 4 saturated carbocycles. The molecule has 6 heteroatoms. The predicted octanol–water partition coefficient (Wildman–Crippen LogP) is 3.55. The molecule has 7 aliphatic rings. The van der Waals surface area contributed by atoms with E-state index in [2.05, 4.69) is 40.7 Å². The van der Waals surface area contributed by atoms with Crippen LogP contribution in [0.3, 0.4) is 0 Å². The highest BCUT2D eigenvalue weighted by Crippen LogP contribution is 2.89. The van der Waals surface area contributed by atoms with Gasteiger partial charge in [-0.3, -0.25) is 0 Å². The van der Waals surface area contributed by atoms with Gasteiger partial charge in [-0.1, -0.05) is 46.3 Å².